The predicted molar refractivity (Wildman–Crippen MR) is 66.0 cm³/mol. The van der Waals surface area contributed by atoms with E-state index in [1.807, 2.05) is 0 Å². The number of benzene rings is 1. The molecule has 0 spiro atoms. The van der Waals surface area contributed by atoms with Gasteiger partial charge in [0.05, 0.1) is 0 Å². The third-order valence-electron chi connectivity index (χ3n) is 2.66. The van der Waals surface area contributed by atoms with Crippen LogP contribution in [0.5, 0.6) is 11.5 Å². The number of hydroxylamine groups is 1. The summed E-state index contributed by atoms with van der Waals surface area (Å²) in [5.74, 6) is -0.357. The molecule has 1 aromatic carbocycles. The van der Waals surface area contributed by atoms with E-state index in [1.165, 1.54) is 12.1 Å². The summed E-state index contributed by atoms with van der Waals surface area (Å²) in [5, 5.41) is 34.7. The first-order valence-electron chi connectivity index (χ1n) is 4.86. The fraction of sp³-hybridized carbons (Fsp3) is 0.182. The van der Waals surface area contributed by atoms with Crippen molar-refractivity contribution in [3.63, 3.8) is 0 Å². The van der Waals surface area contributed by atoms with E-state index in [0.717, 1.165) is 11.1 Å². The van der Waals surface area contributed by atoms with Crippen molar-refractivity contribution in [2.45, 2.75) is 12.8 Å². The molecule has 0 unspecified atom stereocenters. The lowest BCUT2D eigenvalue weighted by atomic mass is 9.91. The molecular formula is C11H13ClN2O3. The molecule has 5 N–H and O–H groups in total. The van der Waals surface area contributed by atoms with Crippen molar-refractivity contribution >= 4 is 24.3 Å². The van der Waals surface area contributed by atoms with Crippen molar-refractivity contribution in [1.82, 2.24) is 5.48 Å². The van der Waals surface area contributed by atoms with Gasteiger partial charge in [0.2, 0.25) is 0 Å². The van der Waals surface area contributed by atoms with Gasteiger partial charge in [-0.2, -0.15) is 0 Å². The van der Waals surface area contributed by atoms with Gasteiger partial charge in [-0.15, -0.1) is 12.4 Å². The minimum atomic E-state index is -0.181. The minimum absolute atomic E-state index is 0. The second kappa shape index (κ2) is 5.07. The number of nitrogens with one attached hydrogen (secondary N) is 2. The third kappa shape index (κ3) is 2.51. The van der Waals surface area contributed by atoms with E-state index in [4.69, 9.17) is 10.6 Å². The lowest BCUT2D eigenvalue weighted by molar-refractivity contribution is 0.233. The average molecular weight is 257 g/mol. The summed E-state index contributed by atoms with van der Waals surface area (Å²) >= 11 is 0. The molecule has 1 aromatic rings. The molecule has 0 saturated heterocycles. The fourth-order valence-corrected chi connectivity index (χ4v) is 1.79. The second-order valence-electron chi connectivity index (χ2n) is 3.70. The van der Waals surface area contributed by atoms with E-state index in [2.05, 4.69) is 0 Å². The van der Waals surface area contributed by atoms with Crippen molar-refractivity contribution in [1.29, 1.82) is 5.41 Å². The molecule has 0 aliphatic heterocycles. The molecule has 6 heteroatoms. The van der Waals surface area contributed by atoms with Crippen LogP contribution in [0, 0.1) is 5.41 Å². The molecule has 17 heavy (non-hydrogen) atoms. The second-order valence-corrected chi connectivity index (χ2v) is 3.70. The number of aromatic hydroxyl groups is 2. The number of rotatable bonds is 1. The molecule has 5 nitrogen and oxygen atoms in total. The zero-order valence-corrected chi connectivity index (χ0v) is 9.71. The topological polar surface area (TPSA) is 96.6 Å². The van der Waals surface area contributed by atoms with Crippen molar-refractivity contribution in [2.75, 3.05) is 0 Å². The van der Waals surface area contributed by atoms with Gasteiger partial charge in [0.1, 0.15) is 5.84 Å². The molecule has 0 fully saturated rings. The molecule has 0 radical (unpaired) electrons. The maximum absolute atomic E-state index is 9.36. The largest absolute Gasteiger partial charge is 0.504 e. The smallest absolute Gasteiger partial charge is 0.158 e. The molecule has 0 saturated carbocycles. The Balaban J connectivity index is 0.00000144. The summed E-state index contributed by atoms with van der Waals surface area (Å²) in [6.45, 7) is 0. The maximum atomic E-state index is 9.36. The molecule has 0 heterocycles. The number of aryl methyl sites for hydroxylation is 1. The summed E-state index contributed by atoms with van der Waals surface area (Å²) in [4.78, 5) is 0. The van der Waals surface area contributed by atoms with Gasteiger partial charge in [0, 0.05) is 0 Å². The number of hydrogen-bond acceptors (Lipinski definition) is 4. The van der Waals surface area contributed by atoms with Gasteiger partial charge in [-0.3, -0.25) is 16.1 Å². The molecule has 1 aliphatic rings. The molecule has 0 atom stereocenters. The van der Waals surface area contributed by atoms with E-state index < -0.39 is 0 Å². The highest BCUT2D eigenvalue weighted by atomic mass is 35.5. The number of amidine groups is 1. The average Bonchev–Trinajstić information content (AvgIpc) is 2.29. The standard InChI is InChI=1S/C11H12N2O3.ClH/c12-11(13-16)7-2-1-6-4-9(14)10(15)5-8(6)3-7;/h3-5,14-16H,1-2H2,(H2,12,13);1H. The summed E-state index contributed by atoms with van der Waals surface area (Å²) < 4.78 is 0. The highest BCUT2D eigenvalue weighted by Gasteiger charge is 2.15. The number of phenols is 2. The summed E-state index contributed by atoms with van der Waals surface area (Å²) in [6, 6.07) is 2.97. The Bertz CT molecular complexity index is 486. The van der Waals surface area contributed by atoms with Crippen LogP contribution >= 0.6 is 12.4 Å². The van der Waals surface area contributed by atoms with Crippen molar-refractivity contribution < 1.29 is 15.4 Å². The summed E-state index contributed by atoms with van der Waals surface area (Å²) in [6.07, 6.45) is 2.99. The molecule has 1 aliphatic carbocycles. The first-order valence-corrected chi connectivity index (χ1v) is 4.86. The van der Waals surface area contributed by atoms with Gasteiger partial charge in [0.15, 0.2) is 11.5 Å². The molecule has 0 bridgehead atoms. The van der Waals surface area contributed by atoms with Crippen LogP contribution in [0.4, 0.5) is 0 Å². The van der Waals surface area contributed by atoms with Crippen LogP contribution in [0.1, 0.15) is 17.5 Å². The molecule has 0 aromatic heterocycles. The van der Waals surface area contributed by atoms with E-state index >= 15 is 0 Å². The van der Waals surface area contributed by atoms with Crippen LogP contribution in [-0.2, 0) is 6.42 Å². The number of halogens is 1. The fourth-order valence-electron chi connectivity index (χ4n) is 1.79. The quantitative estimate of drug-likeness (QED) is 0.229. The van der Waals surface area contributed by atoms with E-state index in [-0.39, 0.29) is 29.7 Å². The Kier molecular flexibility index (Phi) is 3.98. The van der Waals surface area contributed by atoms with E-state index in [0.29, 0.717) is 18.4 Å². The van der Waals surface area contributed by atoms with Crippen LogP contribution in [0.2, 0.25) is 0 Å². The van der Waals surface area contributed by atoms with Gasteiger partial charge in [-0.25, -0.2) is 0 Å². The Hall–Kier alpha value is -1.72. The lowest BCUT2D eigenvalue weighted by Crippen LogP contribution is -2.21. The van der Waals surface area contributed by atoms with Crippen molar-refractivity contribution in [2.24, 2.45) is 0 Å². The Labute approximate surface area is 104 Å². The monoisotopic (exact) mass is 256 g/mol. The van der Waals surface area contributed by atoms with E-state index in [9.17, 15) is 10.2 Å². The molecule has 2 rings (SSSR count). The number of hydrogen-bond donors (Lipinski definition) is 5. The summed E-state index contributed by atoms with van der Waals surface area (Å²) in [7, 11) is 0. The van der Waals surface area contributed by atoms with Crippen molar-refractivity contribution in [3.05, 3.63) is 28.8 Å². The third-order valence-corrected chi connectivity index (χ3v) is 2.66. The number of fused-ring (bicyclic) bond motifs is 1. The summed E-state index contributed by atoms with van der Waals surface area (Å²) in [5.41, 5.74) is 4.14. The van der Waals surface area contributed by atoms with Gasteiger partial charge >= 0.3 is 0 Å². The van der Waals surface area contributed by atoms with Crippen LogP contribution in [0.3, 0.4) is 0 Å². The lowest BCUT2D eigenvalue weighted by Gasteiger charge is -2.17. The highest BCUT2D eigenvalue weighted by molar-refractivity contribution is 6.00. The van der Waals surface area contributed by atoms with Gasteiger partial charge in [-0.05, 0) is 47.8 Å². The maximum Gasteiger partial charge on any atom is 0.158 e. The Morgan fingerprint density at radius 1 is 1.18 bits per heavy atom. The minimum Gasteiger partial charge on any atom is -0.504 e. The highest BCUT2D eigenvalue weighted by Crippen LogP contribution is 2.33. The molecular weight excluding hydrogens is 244 g/mol. The Morgan fingerprint density at radius 3 is 2.47 bits per heavy atom. The van der Waals surface area contributed by atoms with Crippen LogP contribution in [0.25, 0.3) is 6.08 Å². The predicted octanol–water partition coefficient (Wildman–Crippen LogP) is 1.81. The zero-order valence-electron chi connectivity index (χ0n) is 8.90. The van der Waals surface area contributed by atoms with Gasteiger partial charge < -0.3 is 10.2 Å². The molecule has 0 amide bonds. The van der Waals surface area contributed by atoms with Crippen LogP contribution < -0.4 is 5.48 Å². The van der Waals surface area contributed by atoms with Crippen LogP contribution in [0.15, 0.2) is 17.7 Å². The normalized spacial score (nSPS) is 13.1. The first kappa shape index (κ1) is 13.3. The Morgan fingerprint density at radius 2 is 1.82 bits per heavy atom. The van der Waals surface area contributed by atoms with Gasteiger partial charge in [-0.1, -0.05) is 0 Å². The zero-order chi connectivity index (χ0) is 11.7. The van der Waals surface area contributed by atoms with Crippen molar-refractivity contribution in [3.8, 4) is 11.5 Å². The molecule has 92 valence electrons. The number of phenolic OH excluding ortho intramolecular Hbond substituents is 2. The van der Waals surface area contributed by atoms with Gasteiger partial charge in [0.25, 0.3) is 0 Å². The SMILES string of the molecule is Cl.N=C(NO)C1=Cc2cc(O)c(O)cc2CC1. The first-order chi connectivity index (χ1) is 7.61. The van der Waals surface area contributed by atoms with E-state index in [1.54, 1.807) is 11.6 Å². The van der Waals surface area contributed by atoms with Crippen LogP contribution in [-0.4, -0.2) is 21.3 Å².